The standard InChI is InChI=1S/C13H15N3S/c1-9-12(16-13(15)17-9)11-6-4-10(5-7-11)3-2-8-14/h2-7H,8,14H2,1H3,(H2,15,16). The Kier molecular flexibility index (Phi) is 3.56. The van der Waals surface area contributed by atoms with Gasteiger partial charge in [-0.2, -0.15) is 0 Å². The second-order valence-electron chi connectivity index (χ2n) is 3.72. The van der Waals surface area contributed by atoms with E-state index in [2.05, 4.69) is 29.2 Å². The van der Waals surface area contributed by atoms with Crippen LogP contribution in [0.15, 0.2) is 30.3 Å². The van der Waals surface area contributed by atoms with Gasteiger partial charge >= 0.3 is 0 Å². The van der Waals surface area contributed by atoms with E-state index in [1.807, 2.05) is 19.1 Å². The van der Waals surface area contributed by atoms with Crippen molar-refractivity contribution in [2.45, 2.75) is 6.92 Å². The van der Waals surface area contributed by atoms with Crippen molar-refractivity contribution in [1.29, 1.82) is 0 Å². The van der Waals surface area contributed by atoms with E-state index in [9.17, 15) is 0 Å². The van der Waals surface area contributed by atoms with Crippen molar-refractivity contribution < 1.29 is 0 Å². The topological polar surface area (TPSA) is 64.9 Å². The fourth-order valence-corrected chi connectivity index (χ4v) is 2.35. The molecule has 0 atom stereocenters. The second kappa shape index (κ2) is 5.12. The van der Waals surface area contributed by atoms with Crippen LogP contribution in [0.25, 0.3) is 17.3 Å². The lowest BCUT2D eigenvalue weighted by molar-refractivity contribution is 1.26. The molecule has 0 saturated heterocycles. The number of rotatable bonds is 3. The Morgan fingerprint density at radius 1 is 1.29 bits per heavy atom. The quantitative estimate of drug-likeness (QED) is 0.873. The van der Waals surface area contributed by atoms with Gasteiger partial charge in [0.2, 0.25) is 0 Å². The molecule has 3 nitrogen and oxygen atoms in total. The Balaban J connectivity index is 2.29. The van der Waals surface area contributed by atoms with Crippen LogP contribution in [0.1, 0.15) is 10.4 Å². The van der Waals surface area contributed by atoms with E-state index in [1.54, 1.807) is 0 Å². The van der Waals surface area contributed by atoms with Crippen LogP contribution in [-0.2, 0) is 0 Å². The van der Waals surface area contributed by atoms with Crippen LogP contribution in [-0.4, -0.2) is 11.5 Å². The van der Waals surface area contributed by atoms with Gasteiger partial charge in [0, 0.05) is 17.0 Å². The van der Waals surface area contributed by atoms with Gasteiger partial charge in [-0.1, -0.05) is 36.4 Å². The molecule has 4 N–H and O–H groups in total. The van der Waals surface area contributed by atoms with E-state index in [-0.39, 0.29) is 0 Å². The van der Waals surface area contributed by atoms with Gasteiger partial charge in [-0.05, 0) is 12.5 Å². The van der Waals surface area contributed by atoms with Gasteiger partial charge in [0.05, 0.1) is 5.69 Å². The van der Waals surface area contributed by atoms with Crippen molar-refractivity contribution >= 4 is 22.5 Å². The van der Waals surface area contributed by atoms with E-state index in [0.29, 0.717) is 11.7 Å². The first-order chi connectivity index (χ1) is 8.20. The first-order valence-electron chi connectivity index (χ1n) is 5.40. The fourth-order valence-electron chi connectivity index (χ4n) is 1.64. The van der Waals surface area contributed by atoms with Gasteiger partial charge in [-0.25, -0.2) is 4.98 Å². The molecule has 1 aromatic carbocycles. The van der Waals surface area contributed by atoms with Crippen LogP contribution < -0.4 is 11.5 Å². The van der Waals surface area contributed by atoms with Crippen LogP contribution in [0.2, 0.25) is 0 Å². The molecule has 17 heavy (non-hydrogen) atoms. The summed E-state index contributed by atoms with van der Waals surface area (Å²) in [6.45, 7) is 2.59. The summed E-state index contributed by atoms with van der Waals surface area (Å²) in [5.74, 6) is 0. The number of thiazole rings is 1. The minimum Gasteiger partial charge on any atom is -0.375 e. The third kappa shape index (κ3) is 2.72. The lowest BCUT2D eigenvalue weighted by Gasteiger charge is -1.99. The van der Waals surface area contributed by atoms with Gasteiger partial charge in [0.1, 0.15) is 0 Å². The monoisotopic (exact) mass is 245 g/mol. The highest BCUT2D eigenvalue weighted by molar-refractivity contribution is 7.15. The summed E-state index contributed by atoms with van der Waals surface area (Å²) in [5.41, 5.74) is 14.3. The third-order valence-corrected chi connectivity index (χ3v) is 3.24. The number of nitrogen functional groups attached to an aromatic ring is 1. The molecule has 2 aromatic rings. The highest BCUT2D eigenvalue weighted by atomic mass is 32.1. The van der Waals surface area contributed by atoms with E-state index < -0.39 is 0 Å². The van der Waals surface area contributed by atoms with Gasteiger partial charge < -0.3 is 11.5 Å². The predicted molar refractivity (Wildman–Crippen MR) is 74.8 cm³/mol. The minimum atomic E-state index is 0.559. The lowest BCUT2D eigenvalue weighted by atomic mass is 10.1. The van der Waals surface area contributed by atoms with Crippen molar-refractivity contribution in [1.82, 2.24) is 4.98 Å². The molecule has 0 fully saturated rings. The molecule has 2 rings (SSSR count). The molecule has 0 bridgehead atoms. The summed E-state index contributed by atoms with van der Waals surface area (Å²) in [6.07, 6.45) is 3.94. The maximum Gasteiger partial charge on any atom is 0.180 e. The van der Waals surface area contributed by atoms with E-state index in [1.165, 1.54) is 11.3 Å². The van der Waals surface area contributed by atoms with E-state index >= 15 is 0 Å². The fraction of sp³-hybridized carbons (Fsp3) is 0.154. The number of anilines is 1. The summed E-state index contributed by atoms with van der Waals surface area (Å²) in [7, 11) is 0. The maximum atomic E-state index is 5.69. The van der Waals surface area contributed by atoms with Crippen LogP contribution in [0.5, 0.6) is 0 Å². The number of nitrogens with two attached hydrogens (primary N) is 2. The Morgan fingerprint density at radius 3 is 2.53 bits per heavy atom. The zero-order valence-electron chi connectivity index (χ0n) is 9.68. The average molecular weight is 245 g/mol. The van der Waals surface area contributed by atoms with Crippen molar-refractivity contribution in [2.75, 3.05) is 12.3 Å². The number of nitrogens with zero attached hydrogens (tertiary/aromatic N) is 1. The number of aromatic nitrogens is 1. The Labute approximate surface area is 105 Å². The summed E-state index contributed by atoms with van der Waals surface area (Å²) in [5, 5.41) is 0.615. The van der Waals surface area contributed by atoms with Gasteiger partial charge in [0.25, 0.3) is 0 Å². The normalized spacial score (nSPS) is 11.2. The SMILES string of the molecule is Cc1sc(N)nc1-c1ccc(C=CCN)cc1. The minimum absolute atomic E-state index is 0.559. The Morgan fingerprint density at radius 2 is 2.00 bits per heavy atom. The molecule has 0 amide bonds. The van der Waals surface area contributed by atoms with Crippen molar-refractivity contribution in [3.05, 3.63) is 40.8 Å². The number of hydrogen-bond donors (Lipinski definition) is 2. The summed E-state index contributed by atoms with van der Waals surface area (Å²) >= 11 is 1.52. The largest absolute Gasteiger partial charge is 0.375 e. The molecule has 88 valence electrons. The van der Waals surface area contributed by atoms with Crippen molar-refractivity contribution in [2.24, 2.45) is 5.73 Å². The first-order valence-corrected chi connectivity index (χ1v) is 6.22. The maximum absolute atomic E-state index is 5.69. The first kappa shape index (κ1) is 11.8. The van der Waals surface area contributed by atoms with E-state index in [4.69, 9.17) is 11.5 Å². The summed E-state index contributed by atoms with van der Waals surface area (Å²) in [6, 6.07) is 8.21. The van der Waals surface area contributed by atoms with E-state index in [0.717, 1.165) is 21.7 Å². The molecule has 0 aliphatic heterocycles. The molecule has 0 aliphatic carbocycles. The second-order valence-corrected chi connectivity index (χ2v) is 4.95. The molecular weight excluding hydrogens is 230 g/mol. The third-order valence-electron chi connectivity index (χ3n) is 2.44. The van der Waals surface area contributed by atoms with Gasteiger partial charge in [-0.3, -0.25) is 0 Å². The molecule has 0 saturated carbocycles. The van der Waals surface area contributed by atoms with Crippen LogP contribution in [0.3, 0.4) is 0 Å². The molecule has 0 radical (unpaired) electrons. The highest BCUT2D eigenvalue weighted by Gasteiger charge is 2.07. The van der Waals surface area contributed by atoms with Crippen LogP contribution in [0, 0.1) is 6.92 Å². The highest BCUT2D eigenvalue weighted by Crippen LogP contribution is 2.28. The average Bonchev–Trinajstić information content (AvgIpc) is 2.66. The van der Waals surface area contributed by atoms with Gasteiger partial charge in [-0.15, -0.1) is 11.3 Å². The van der Waals surface area contributed by atoms with Crippen LogP contribution >= 0.6 is 11.3 Å². The molecule has 1 aromatic heterocycles. The molecule has 0 unspecified atom stereocenters. The smallest absolute Gasteiger partial charge is 0.180 e. The Bertz CT molecular complexity index is 526. The molecule has 0 spiro atoms. The number of benzene rings is 1. The molecular formula is C13H15N3S. The van der Waals surface area contributed by atoms with Crippen molar-refractivity contribution in [3.8, 4) is 11.3 Å². The molecule has 1 heterocycles. The summed E-state index contributed by atoms with van der Waals surface area (Å²) < 4.78 is 0. The molecule has 4 heteroatoms. The van der Waals surface area contributed by atoms with Gasteiger partial charge in [0.15, 0.2) is 5.13 Å². The Hall–Kier alpha value is -1.65. The zero-order valence-corrected chi connectivity index (χ0v) is 10.5. The predicted octanol–water partition coefficient (Wildman–Crippen LogP) is 2.67. The zero-order chi connectivity index (χ0) is 12.3. The number of aryl methyl sites for hydroxylation is 1. The number of hydrogen-bond acceptors (Lipinski definition) is 4. The lowest BCUT2D eigenvalue weighted by Crippen LogP contribution is -1.91. The summed E-state index contributed by atoms with van der Waals surface area (Å²) in [4.78, 5) is 5.48. The van der Waals surface area contributed by atoms with Crippen LogP contribution in [0.4, 0.5) is 5.13 Å². The van der Waals surface area contributed by atoms with Crippen molar-refractivity contribution in [3.63, 3.8) is 0 Å². The molecule has 0 aliphatic rings.